The summed E-state index contributed by atoms with van der Waals surface area (Å²) in [5.41, 5.74) is -0.850. The Labute approximate surface area is 168 Å². The van der Waals surface area contributed by atoms with Crippen molar-refractivity contribution < 1.29 is 26.9 Å². The first-order valence-electron chi connectivity index (χ1n) is 8.62. The number of anilines is 2. The first-order valence-corrected chi connectivity index (χ1v) is 10.8. The van der Waals surface area contributed by atoms with Crippen molar-refractivity contribution in [1.29, 1.82) is 0 Å². The largest absolute Gasteiger partial charge is 0.506 e. The van der Waals surface area contributed by atoms with Crippen LogP contribution < -0.4 is 14.3 Å². The molecule has 3 N–H and O–H groups in total. The predicted octanol–water partition coefficient (Wildman–Crippen LogP) is -0.750. The number of hydrogen-bond acceptors (Lipinski definition) is 8. The second kappa shape index (κ2) is 7.35. The summed E-state index contributed by atoms with van der Waals surface area (Å²) < 4.78 is 54.0. The first kappa shape index (κ1) is 19.7. The highest BCUT2D eigenvalue weighted by molar-refractivity contribution is 7.92. The Balaban J connectivity index is 1.64. The number of nitrogens with zero attached hydrogens (tertiary/aromatic N) is 4. The second-order valence-corrected chi connectivity index (χ2v) is 9.08. The Kier molecular flexibility index (Phi) is 5.00. The monoisotopic (exact) mass is 444 g/mol. The second-order valence-electron chi connectivity index (χ2n) is 6.76. The van der Waals surface area contributed by atoms with Crippen LogP contribution in [-0.4, -0.2) is 64.1 Å². The molecule has 0 saturated carbocycles. The summed E-state index contributed by atoms with van der Waals surface area (Å²) in [6.07, 6.45) is 2.15. The minimum Gasteiger partial charge on any atom is -0.506 e. The van der Waals surface area contributed by atoms with E-state index in [1.807, 2.05) is 0 Å². The Morgan fingerprint density at radius 1 is 1.45 bits per heavy atom. The highest BCUT2D eigenvalue weighted by Crippen LogP contribution is 2.37. The number of carbonyl (C=O) groups is 1. The van der Waals surface area contributed by atoms with Gasteiger partial charge < -0.3 is 10.4 Å². The molecule has 0 radical (unpaired) electrons. The molecule has 2 aliphatic heterocycles. The van der Waals surface area contributed by atoms with Gasteiger partial charge in [-0.05, 0) is 18.4 Å². The zero-order valence-corrected chi connectivity index (χ0v) is 16.6. The lowest BCUT2D eigenvalue weighted by Gasteiger charge is -2.18. The molecule has 14 heteroatoms. The maximum absolute atomic E-state index is 15.1. The van der Waals surface area contributed by atoms with E-state index in [-0.39, 0.29) is 34.6 Å². The lowest BCUT2D eigenvalue weighted by atomic mass is 10.1. The standard InChI is InChI=1S/C15H17FN6O5S2/c16-12-13-9(3-10(23)14(12)22-7-11(24)20-29(22,26)27)5-18-15(19-13)17-4-8-1-2-21(6-8)28-25/h3,5,8,23,28H,1-2,4,6-7H2,(H,20,24)(H,17,18,19). The van der Waals surface area contributed by atoms with Gasteiger partial charge in [-0.3, -0.25) is 4.79 Å². The van der Waals surface area contributed by atoms with Gasteiger partial charge in [0, 0.05) is 31.2 Å². The summed E-state index contributed by atoms with van der Waals surface area (Å²) in [4.78, 5) is 19.6. The smallest absolute Gasteiger partial charge is 0.326 e. The summed E-state index contributed by atoms with van der Waals surface area (Å²) in [7, 11) is -4.30. The van der Waals surface area contributed by atoms with E-state index < -0.39 is 39.9 Å². The van der Waals surface area contributed by atoms with Gasteiger partial charge in [0.2, 0.25) is 5.95 Å². The number of aromatic nitrogens is 2. The number of benzene rings is 1. The van der Waals surface area contributed by atoms with E-state index in [4.69, 9.17) is 0 Å². The summed E-state index contributed by atoms with van der Waals surface area (Å²) in [5.74, 6) is -2.21. The molecule has 1 atom stereocenters. The molecule has 1 amide bonds. The number of fused-ring (bicyclic) bond motifs is 1. The molecule has 0 aliphatic carbocycles. The molecule has 1 unspecified atom stereocenters. The van der Waals surface area contributed by atoms with Crippen molar-refractivity contribution in [3.8, 4) is 5.75 Å². The number of nitrogens with one attached hydrogen (secondary N) is 2. The Bertz CT molecular complexity index is 1110. The van der Waals surface area contributed by atoms with Crippen LogP contribution in [0.4, 0.5) is 16.0 Å². The van der Waals surface area contributed by atoms with Crippen LogP contribution in [-0.2, 0) is 26.9 Å². The number of aromatic hydroxyl groups is 1. The van der Waals surface area contributed by atoms with Gasteiger partial charge in [0.15, 0.2) is 5.82 Å². The van der Waals surface area contributed by atoms with E-state index in [9.17, 15) is 22.5 Å². The molecule has 11 nitrogen and oxygen atoms in total. The SMILES string of the molecule is O=[SH]N1CCC(CNc2ncc3cc(O)c(N4CC(=O)NS4(=O)=O)c(F)c3n2)C1. The van der Waals surface area contributed by atoms with Crippen LogP contribution in [0.3, 0.4) is 0 Å². The van der Waals surface area contributed by atoms with Crippen molar-refractivity contribution in [1.82, 2.24) is 19.0 Å². The number of thiol groups is 1. The third-order valence-corrected chi connectivity index (χ3v) is 6.74. The molecule has 156 valence electrons. The van der Waals surface area contributed by atoms with Crippen molar-refractivity contribution in [3.05, 3.63) is 18.1 Å². The highest BCUT2D eigenvalue weighted by atomic mass is 32.2. The van der Waals surface area contributed by atoms with E-state index in [0.29, 0.717) is 23.9 Å². The van der Waals surface area contributed by atoms with E-state index >= 15 is 4.39 Å². The summed E-state index contributed by atoms with van der Waals surface area (Å²) in [6.45, 7) is 1.20. The van der Waals surface area contributed by atoms with Crippen LogP contribution in [0.1, 0.15) is 6.42 Å². The van der Waals surface area contributed by atoms with Gasteiger partial charge in [-0.25, -0.2) is 31.9 Å². The molecule has 3 heterocycles. The van der Waals surface area contributed by atoms with Crippen LogP contribution in [0.2, 0.25) is 0 Å². The minimum absolute atomic E-state index is 0.0202. The van der Waals surface area contributed by atoms with Crippen molar-refractivity contribution in [3.63, 3.8) is 0 Å². The average Bonchev–Trinajstić information content (AvgIpc) is 3.23. The number of amides is 1. The molecule has 0 bridgehead atoms. The number of hydrogen-bond donors (Lipinski definition) is 4. The van der Waals surface area contributed by atoms with Crippen LogP contribution in [0.15, 0.2) is 12.3 Å². The lowest BCUT2D eigenvalue weighted by Crippen LogP contribution is -2.30. The first-order chi connectivity index (χ1) is 13.8. The van der Waals surface area contributed by atoms with Gasteiger partial charge in [-0.2, -0.15) is 8.42 Å². The maximum atomic E-state index is 15.1. The molecular formula is C15H17FN6O5S2. The van der Waals surface area contributed by atoms with Crippen LogP contribution in [0, 0.1) is 11.7 Å². The van der Waals surface area contributed by atoms with E-state index in [1.54, 1.807) is 9.03 Å². The quantitative estimate of drug-likeness (QED) is 0.441. The molecule has 29 heavy (non-hydrogen) atoms. The third kappa shape index (κ3) is 3.70. The third-order valence-electron chi connectivity index (χ3n) is 4.77. The Morgan fingerprint density at radius 2 is 2.24 bits per heavy atom. The number of halogens is 1. The number of rotatable bonds is 5. The Morgan fingerprint density at radius 3 is 2.90 bits per heavy atom. The molecule has 2 saturated heterocycles. The number of phenols is 1. The van der Waals surface area contributed by atoms with Crippen LogP contribution >= 0.6 is 0 Å². The summed E-state index contributed by atoms with van der Waals surface area (Å²) in [6, 6.07) is 1.14. The summed E-state index contributed by atoms with van der Waals surface area (Å²) in [5, 5.41) is 13.3. The zero-order valence-electron chi connectivity index (χ0n) is 14.9. The molecule has 2 fully saturated rings. The number of phenolic OH excluding ortho intramolecular Hbond substituents is 1. The van der Waals surface area contributed by atoms with Crippen LogP contribution in [0.5, 0.6) is 5.75 Å². The topological polar surface area (TPSA) is 145 Å². The van der Waals surface area contributed by atoms with E-state index in [1.165, 1.54) is 6.20 Å². The van der Waals surface area contributed by atoms with Gasteiger partial charge in [0.1, 0.15) is 23.5 Å². The lowest BCUT2D eigenvalue weighted by molar-refractivity contribution is -0.117. The fourth-order valence-corrected chi connectivity index (χ4v) is 5.03. The van der Waals surface area contributed by atoms with Gasteiger partial charge in [-0.1, -0.05) is 0 Å². The fraction of sp³-hybridized carbons (Fsp3) is 0.400. The van der Waals surface area contributed by atoms with E-state index in [0.717, 1.165) is 12.5 Å². The number of carbonyl (C=O) groups excluding carboxylic acids is 1. The summed E-state index contributed by atoms with van der Waals surface area (Å²) >= 11 is -0.0202. The van der Waals surface area contributed by atoms with Crippen molar-refractivity contribution >= 4 is 50.5 Å². The molecule has 1 aromatic heterocycles. The van der Waals surface area contributed by atoms with E-state index in [2.05, 4.69) is 15.3 Å². The Hall–Kier alpha value is -2.58. The average molecular weight is 444 g/mol. The molecule has 2 aromatic rings. The van der Waals surface area contributed by atoms with Gasteiger partial charge in [0.05, 0.1) is 11.9 Å². The van der Waals surface area contributed by atoms with Crippen molar-refractivity contribution in [2.24, 2.45) is 5.92 Å². The molecule has 2 aliphatic rings. The highest BCUT2D eigenvalue weighted by Gasteiger charge is 2.38. The molecule has 0 spiro atoms. The predicted molar refractivity (Wildman–Crippen MR) is 103 cm³/mol. The normalized spacial score (nSPS) is 21.6. The van der Waals surface area contributed by atoms with Gasteiger partial charge >= 0.3 is 10.2 Å². The molecular weight excluding hydrogens is 427 g/mol. The van der Waals surface area contributed by atoms with Crippen molar-refractivity contribution in [2.45, 2.75) is 6.42 Å². The minimum atomic E-state index is -4.30. The van der Waals surface area contributed by atoms with Crippen LogP contribution in [0.25, 0.3) is 10.9 Å². The van der Waals surface area contributed by atoms with Gasteiger partial charge in [0.25, 0.3) is 5.91 Å². The molecule has 1 aromatic carbocycles. The fourth-order valence-electron chi connectivity index (χ4n) is 3.37. The maximum Gasteiger partial charge on any atom is 0.326 e. The zero-order chi connectivity index (χ0) is 20.8. The van der Waals surface area contributed by atoms with Crippen molar-refractivity contribution in [2.75, 3.05) is 35.8 Å². The van der Waals surface area contributed by atoms with Gasteiger partial charge in [-0.15, -0.1) is 0 Å². The molecule has 4 rings (SSSR count).